The Morgan fingerprint density at radius 3 is 2.72 bits per heavy atom. The van der Waals surface area contributed by atoms with Gasteiger partial charge in [-0.05, 0) is 56.1 Å². The van der Waals surface area contributed by atoms with Crippen molar-refractivity contribution >= 4 is 34.6 Å². The van der Waals surface area contributed by atoms with Crippen LogP contribution in [0.4, 0.5) is 11.4 Å². The summed E-state index contributed by atoms with van der Waals surface area (Å²) in [5.74, 6) is 0.872. The number of thiocarbonyl (C=S) groups is 1. The largest absolute Gasteiger partial charge is 0.495 e. The van der Waals surface area contributed by atoms with Crippen LogP contribution < -0.4 is 20.3 Å². The maximum atomic E-state index is 12.3. The zero-order valence-electron chi connectivity index (χ0n) is 14.8. The number of rotatable bonds is 4. The second-order valence-corrected chi connectivity index (χ2v) is 7.23. The van der Waals surface area contributed by atoms with Crippen molar-refractivity contribution in [3.8, 4) is 5.75 Å². The Morgan fingerprint density at radius 1 is 1.20 bits per heavy atom. The van der Waals surface area contributed by atoms with E-state index in [9.17, 15) is 4.79 Å². The smallest absolute Gasteiger partial charge is 0.227 e. The fraction of sp³-hybridized carbons (Fsp3) is 0.579. The summed E-state index contributed by atoms with van der Waals surface area (Å²) in [6.07, 6.45) is 8.80. The molecule has 1 saturated heterocycles. The van der Waals surface area contributed by atoms with E-state index in [0.29, 0.717) is 23.3 Å². The number of amides is 1. The highest BCUT2D eigenvalue weighted by Crippen LogP contribution is 2.33. The Hall–Kier alpha value is -1.82. The second kappa shape index (κ2) is 8.52. The minimum Gasteiger partial charge on any atom is -0.495 e. The van der Waals surface area contributed by atoms with Crippen LogP contribution in [0.25, 0.3) is 0 Å². The van der Waals surface area contributed by atoms with Crippen molar-refractivity contribution in [1.82, 2.24) is 5.32 Å². The van der Waals surface area contributed by atoms with E-state index in [0.717, 1.165) is 30.8 Å². The molecule has 0 aromatic heterocycles. The molecule has 2 fully saturated rings. The first-order chi connectivity index (χ1) is 12.2. The minimum atomic E-state index is 0.157. The Bertz CT molecular complexity index is 629. The van der Waals surface area contributed by atoms with Crippen LogP contribution >= 0.6 is 12.2 Å². The highest BCUT2D eigenvalue weighted by Gasteiger charge is 2.23. The van der Waals surface area contributed by atoms with E-state index < -0.39 is 0 Å². The van der Waals surface area contributed by atoms with Crippen molar-refractivity contribution in [2.75, 3.05) is 23.9 Å². The molecule has 136 valence electrons. The predicted molar refractivity (Wildman–Crippen MR) is 105 cm³/mol. The molecule has 0 unspecified atom stereocenters. The number of piperidine rings is 1. The number of hydrogen-bond acceptors (Lipinski definition) is 3. The van der Waals surface area contributed by atoms with Crippen LogP contribution in [0.2, 0.25) is 0 Å². The summed E-state index contributed by atoms with van der Waals surface area (Å²) in [5, 5.41) is 7.32. The summed E-state index contributed by atoms with van der Waals surface area (Å²) in [4.78, 5) is 14.1. The van der Waals surface area contributed by atoms with E-state index in [-0.39, 0.29) is 5.91 Å². The van der Waals surface area contributed by atoms with Gasteiger partial charge in [0.1, 0.15) is 5.75 Å². The number of methoxy groups -OCH3 is 1. The first-order valence-corrected chi connectivity index (χ1v) is 9.64. The molecular weight excluding hydrogens is 334 g/mol. The molecule has 1 aromatic rings. The average Bonchev–Trinajstić information content (AvgIpc) is 2.63. The lowest BCUT2D eigenvalue weighted by molar-refractivity contribution is -0.119. The van der Waals surface area contributed by atoms with E-state index in [4.69, 9.17) is 17.0 Å². The molecule has 1 aliphatic heterocycles. The van der Waals surface area contributed by atoms with E-state index in [1.165, 1.54) is 32.1 Å². The van der Waals surface area contributed by atoms with Crippen molar-refractivity contribution in [2.24, 2.45) is 0 Å². The first-order valence-electron chi connectivity index (χ1n) is 9.23. The third-order valence-electron chi connectivity index (χ3n) is 4.99. The van der Waals surface area contributed by atoms with Gasteiger partial charge in [0, 0.05) is 24.7 Å². The summed E-state index contributed by atoms with van der Waals surface area (Å²) in [6.45, 7) is 0.740. The molecule has 0 spiro atoms. The average molecular weight is 362 g/mol. The monoisotopic (exact) mass is 361 g/mol. The number of nitrogens with one attached hydrogen (secondary N) is 2. The molecule has 5 nitrogen and oxygen atoms in total. The molecule has 1 aromatic carbocycles. The molecule has 0 atom stereocenters. The van der Waals surface area contributed by atoms with Gasteiger partial charge in [0.2, 0.25) is 5.91 Å². The van der Waals surface area contributed by atoms with E-state index >= 15 is 0 Å². The molecule has 6 heteroatoms. The van der Waals surface area contributed by atoms with Crippen molar-refractivity contribution < 1.29 is 9.53 Å². The quantitative estimate of drug-likeness (QED) is 0.798. The fourth-order valence-corrected chi connectivity index (χ4v) is 3.92. The Morgan fingerprint density at radius 2 is 2.00 bits per heavy atom. The first kappa shape index (κ1) is 18.0. The Kier molecular flexibility index (Phi) is 6.13. The van der Waals surface area contributed by atoms with Crippen molar-refractivity contribution in [2.45, 2.75) is 57.4 Å². The van der Waals surface area contributed by atoms with Crippen molar-refractivity contribution in [3.63, 3.8) is 0 Å². The highest BCUT2D eigenvalue weighted by atomic mass is 32.1. The van der Waals surface area contributed by atoms with Crippen LogP contribution in [0.15, 0.2) is 18.2 Å². The zero-order valence-corrected chi connectivity index (χ0v) is 15.7. The summed E-state index contributed by atoms with van der Waals surface area (Å²) >= 11 is 5.47. The normalized spacial score (nSPS) is 18.8. The molecule has 2 aliphatic rings. The zero-order chi connectivity index (χ0) is 17.6. The molecule has 1 aliphatic carbocycles. The molecule has 1 saturated carbocycles. The van der Waals surface area contributed by atoms with Gasteiger partial charge in [-0.15, -0.1) is 0 Å². The molecule has 1 amide bonds. The number of anilines is 2. The maximum Gasteiger partial charge on any atom is 0.227 e. The van der Waals surface area contributed by atoms with Gasteiger partial charge in [-0.3, -0.25) is 4.79 Å². The van der Waals surface area contributed by atoms with Gasteiger partial charge in [-0.25, -0.2) is 0 Å². The molecular formula is C19H27N3O2S. The number of nitrogens with zero attached hydrogens (tertiary/aromatic N) is 1. The van der Waals surface area contributed by atoms with Crippen molar-refractivity contribution in [3.05, 3.63) is 18.2 Å². The maximum absolute atomic E-state index is 12.3. The van der Waals surface area contributed by atoms with Crippen LogP contribution in [-0.4, -0.2) is 30.7 Å². The van der Waals surface area contributed by atoms with E-state index in [1.54, 1.807) is 7.11 Å². The Balaban J connectivity index is 1.70. The van der Waals surface area contributed by atoms with Gasteiger partial charge in [0.05, 0.1) is 12.8 Å². The summed E-state index contributed by atoms with van der Waals surface area (Å²) in [7, 11) is 1.63. The molecule has 0 bridgehead atoms. The molecule has 1 heterocycles. The van der Waals surface area contributed by atoms with Crippen LogP contribution in [0.5, 0.6) is 5.75 Å². The predicted octanol–water partition coefficient (Wildman–Crippen LogP) is 3.83. The number of benzene rings is 1. The minimum absolute atomic E-state index is 0.157. The summed E-state index contributed by atoms with van der Waals surface area (Å²) in [6, 6.07) is 6.25. The van der Waals surface area contributed by atoms with Crippen molar-refractivity contribution in [1.29, 1.82) is 0 Å². The van der Waals surface area contributed by atoms with E-state index in [1.807, 2.05) is 23.1 Å². The number of hydrogen-bond donors (Lipinski definition) is 2. The van der Waals surface area contributed by atoms with Crippen LogP contribution in [0.1, 0.15) is 51.4 Å². The standard InChI is InChI=1S/C19H27N3O2S/c1-24-17-11-10-15(13-16(17)22-12-6-5-9-18(22)23)21-19(25)20-14-7-3-2-4-8-14/h10-11,13-14H,2-9,12H2,1H3,(H2,20,21,25). The molecule has 25 heavy (non-hydrogen) atoms. The van der Waals surface area contributed by atoms with Crippen LogP contribution in [0, 0.1) is 0 Å². The van der Waals surface area contributed by atoms with Gasteiger partial charge >= 0.3 is 0 Å². The number of ether oxygens (including phenoxy) is 1. The molecule has 2 N–H and O–H groups in total. The highest BCUT2D eigenvalue weighted by molar-refractivity contribution is 7.80. The van der Waals surface area contributed by atoms with E-state index in [2.05, 4.69) is 10.6 Å². The SMILES string of the molecule is COc1ccc(NC(=S)NC2CCCCC2)cc1N1CCCCC1=O. The van der Waals surface area contributed by atoms with Gasteiger partial charge < -0.3 is 20.3 Å². The van der Waals surface area contributed by atoms with Crippen LogP contribution in [0.3, 0.4) is 0 Å². The lowest BCUT2D eigenvalue weighted by Crippen LogP contribution is -2.39. The van der Waals surface area contributed by atoms with Gasteiger partial charge in [-0.2, -0.15) is 0 Å². The fourth-order valence-electron chi connectivity index (χ4n) is 3.64. The lowest BCUT2D eigenvalue weighted by atomic mass is 9.96. The number of carbonyl (C=O) groups is 1. The third kappa shape index (κ3) is 4.63. The van der Waals surface area contributed by atoms with Gasteiger partial charge in [-0.1, -0.05) is 19.3 Å². The third-order valence-corrected chi connectivity index (χ3v) is 5.21. The number of carbonyl (C=O) groups excluding carboxylic acids is 1. The topological polar surface area (TPSA) is 53.6 Å². The molecule has 0 radical (unpaired) electrons. The van der Waals surface area contributed by atoms with Gasteiger partial charge in [0.15, 0.2) is 5.11 Å². The summed E-state index contributed by atoms with van der Waals surface area (Å²) in [5.41, 5.74) is 1.69. The summed E-state index contributed by atoms with van der Waals surface area (Å²) < 4.78 is 5.46. The Labute approximate surface area is 155 Å². The van der Waals surface area contributed by atoms with Crippen LogP contribution in [-0.2, 0) is 4.79 Å². The molecule has 3 rings (SSSR count). The van der Waals surface area contributed by atoms with Gasteiger partial charge in [0.25, 0.3) is 0 Å². The second-order valence-electron chi connectivity index (χ2n) is 6.82. The lowest BCUT2D eigenvalue weighted by Gasteiger charge is -2.29.